The summed E-state index contributed by atoms with van der Waals surface area (Å²) >= 11 is 0. The molecule has 0 aromatic carbocycles. The molecule has 12 atom stereocenters. The van der Waals surface area contributed by atoms with E-state index in [4.69, 9.17) is 18.9 Å². The van der Waals surface area contributed by atoms with Crippen molar-refractivity contribution in [3.05, 3.63) is 36.5 Å². The van der Waals surface area contributed by atoms with Crippen molar-refractivity contribution >= 4 is 5.91 Å². The number of carbonyl (C=O) groups excluding carboxylic acids is 1. The Morgan fingerprint density at radius 3 is 1.27 bits per heavy atom. The highest BCUT2D eigenvalue weighted by molar-refractivity contribution is 5.76. The Balaban J connectivity index is 1.76. The van der Waals surface area contributed by atoms with Gasteiger partial charge in [-0.05, 0) is 44.9 Å². The summed E-state index contributed by atoms with van der Waals surface area (Å²) in [6.45, 7) is 2.80. The molecular formula is C63H117NO13. The van der Waals surface area contributed by atoms with E-state index in [1.807, 2.05) is 6.08 Å². The van der Waals surface area contributed by atoms with Crippen LogP contribution in [0, 0.1) is 0 Å². The molecule has 2 fully saturated rings. The molecule has 2 heterocycles. The molecule has 0 spiro atoms. The Hall–Kier alpha value is -1.79. The maximum atomic E-state index is 13.3. The van der Waals surface area contributed by atoms with Crippen LogP contribution >= 0.6 is 0 Å². The number of carbonyl (C=O) groups is 1. The molecule has 1 amide bonds. The molecule has 0 radical (unpaired) electrons. The van der Waals surface area contributed by atoms with Crippen LogP contribution in [0.4, 0.5) is 0 Å². The highest BCUT2D eigenvalue weighted by Crippen LogP contribution is 2.30. The van der Waals surface area contributed by atoms with E-state index in [-0.39, 0.29) is 18.9 Å². The summed E-state index contributed by atoms with van der Waals surface area (Å²) in [4.78, 5) is 13.3. The monoisotopic (exact) mass is 1100 g/mol. The summed E-state index contributed by atoms with van der Waals surface area (Å²) in [6.07, 6.45) is 43.3. The first-order valence-corrected chi connectivity index (χ1v) is 31.7. The molecule has 0 aromatic heterocycles. The van der Waals surface area contributed by atoms with Gasteiger partial charge in [-0.1, -0.05) is 249 Å². The first kappa shape index (κ1) is 71.3. The zero-order valence-electron chi connectivity index (χ0n) is 48.7. The summed E-state index contributed by atoms with van der Waals surface area (Å²) in [7, 11) is 0. The van der Waals surface area contributed by atoms with Gasteiger partial charge in [-0.25, -0.2) is 0 Å². The number of hydrogen-bond acceptors (Lipinski definition) is 13. The zero-order valence-corrected chi connectivity index (χ0v) is 48.7. The highest BCUT2D eigenvalue weighted by Gasteiger charge is 2.51. The van der Waals surface area contributed by atoms with Gasteiger partial charge >= 0.3 is 0 Å². The lowest BCUT2D eigenvalue weighted by Crippen LogP contribution is -2.65. The maximum Gasteiger partial charge on any atom is 0.220 e. The summed E-state index contributed by atoms with van der Waals surface area (Å²) in [5.74, 6) is -0.249. The van der Waals surface area contributed by atoms with Crippen molar-refractivity contribution in [2.24, 2.45) is 0 Å². The average molecular weight is 1100 g/mol. The number of nitrogens with one attached hydrogen (secondary N) is 1. The number of amides is 1. The van der Waals surface area contributed by atoms with E-state index < -0.39 is 86.8 Å². The fourth-order valence-corrected chi connectivity index (χ4v) is 10.4. The van der Waals surface area contributed by atoms with Crippen LogP contribution in [0.2, 0.25) is 0 Å². The largest absolute Gasteiger partial charge is 0.394 e. The Bertz CT molecular complexity index is 1430. The van der Waals surface area contributed by atoms with Crippen LogP contribution in [0.25, 0.3) is 0 Å². The van der Waals surface area contributed by atoms with Crippen molar-refractivity contribution in [3.8, 4) is 0 Å². The fourth-order valence-electron chi connectivity index (χ4n) is 10.4. The quantitative estimate of drug-likeness (QED) is 0.0204. The van der Waals surface area contributed by atoms with E-state index in [0.717, 1.165) is 44.9 Å². The van der Waals surface area contributed by atoms with Crippen LogP contribution in [-0.2, 0) is 23.7 Å². The van der Waals surface area contributed by atoms with Crippen molar-refractivity contribution < 1.29 is 64.6 Å². The first-order valence-electron chi connectivity index (χ1n) is 31.7. The van der Waals surface area contributed by atoms with Gasteiger partial charge in [0, 0.05) is 6.42 Å². The van der Waals surface area contributed by atoms with Crippen LogP contribution in [0.5, 0.6) is 0 Å². The molecule has 2 aliphatic rings. The molecule has 452 valence electrons. The van der Waals surface area contributed by atoms with E-state index >= 15 is 0 Å². The van der Waals surface area contributed by atoms with Gasteiger partial charge in [0.25, 0.3) is 0 Å². The van der Waals surface area contributed by atoms with Gasteiger partial charge in [0.05, 0.1) is 32.0 Å². The summed E-state index contributed by atoms with van der Waals surface area (Å²) in [6, 6.07) is -0.936. The molecule has 14 heteroatoms. The van der Waals surface area contributed by atoms with Gasteiger partial charge in [-0.2, -0.15) is 0 Å². The maximum absolute atomic E-state index is 13.3. The molecule has 2 rings (SSSR count). The first-order chi connectivity index (χ1) is 37.6. The minimum Gasteiger partial charge on any atom is -0.394 e. The Morgan fingerprint density at radius 2 is 0.831 bits per heavy atom. The van der Waals surface area contributed by atoms with E-state index in [9.17, 15) is 45.6 Å². The van der Waals surface area contributed by atoms with Crippen LogP contribution < -0.4 is 5.32 Å². The van der Waals surface area contributed by atoms with Gasteiger partial charge in [0.2, 0.25) is 5.91 Å². The summed E-state index contributed by atoms with van der Waals surface area (Å²) in [5, 5.41) is 87.2. The van der Waals surface area contributed by atoms with Crippen LogP contribution in [0.15, 0.2) is 36.5 Å². The minimum absolute atomic E-state index is 0.249. The fraction of sp³-hybridized carbons (Fsp3) is 0.889. The SMILES string of the molecule is CCCCCCCCCCCCCCCCC/C=C/CC/C=C/CC/C=C/C(O)C(COC1OC(CO)C(OC2OC(CO)C(O)C(O)C2O)C(O)C1O)NC(=O)CCCCCCCCCCCCCCCCCCCC. The smallest absolute Gasteiger partial charge is 0.220 e. The molecule has 12 unspecified atom stereocenters. The zero-order chi connectivity index (χ0) is 56.0. The minimum atomic E-state index is -1.79. The molecule has 9 N–H and O–H groups in total. The molecular weight excluding hydrogens is 979 g/mol. The lowest BCUT2D eigenvalue weighted by Gasteiger charge is -2.46. The average Bonchev–Trinajstić information content (AvgIpc) is 3.44. The number of ether oxygens (including phenoxy) is 4. The number of rotatable bonds is 51. The van der Waals surface area contributed by atoms with Crippen LogP contribution in [0.1, 0.15) is 264 Å². The lowest BCUT2D eigenvalue weighted by atomic mass is 9.97. The van der Waals surface area contributed by atoms with Gasteiger partial charge in [-0.15, -0.1) is 0 Å². The number of unbranched alkanes of at least 4 members (excludes halogenated alkanes) is 34. The topological polar surface area (TPSA) is 228 Å². The molecule has 0 bridgehead atoms. The summed E-state index contributed by atoms with van der Waals surface area (Å²) in [5.41, 5.74) is 0. The second-order valence-corrected chi connectivity index (χ2v) is 22.5. The third kappa shape index (κ3) is 34.3. The lowest BCUT2D eigenvalue weighted by molar-refractivity contribution is -0.359. The summed E-state index contributed by atoms with van der Waals surface area (Å²) < 4.78 is 22.8. The third-order valence-corrected chi connectivity index (χ3v) is 15.6. The Labute approximate surface area is 468 Å². The molecule has 2 saturated heterocycles. The van der Waals surface area contributed by atoms with E-state index in [2.05, 4.69) is 43.5 Å². The molecule has 0 aromatic rings. The second kappa shape index (κ2) is 48.9. The van der Waals surface area contributed by atoms with Gasteiger partial charge in [0.15, 0.2) is 12.6 Å². The molecule has 0 saturated carbocycles. The molecule has 14 nitrogen and oxygen atoms in total. The predicted molar refractivity (Wildman–Crippen MR) is 309 cm³/mol. The molecule has 77 heavy (non-hydrogen) atoms. The predicted octanol–water partition coefficient (Wildman–Crippen LogP) is 11.4. The van der Waals surface area contributed by atoms with Crippen molar-refractivity contribution in [2.45, 2.75) is 338 Å². The van der Waals surface area contributed by atoms with Crippen LogP contribution in [-0.4, -0.2) is 140 Å². The number of allylic oxidation sites excluding steroid dienone is 5. The number of hydrogen-bond donors (Lipinski definition) is 9. The van der Waals surface area contributed by atoms with Crippen LogP contribution in [0.3, 0.4) is 0 Å². The van der Waals surface area contributed by atoms with Crippen molar-refractivity contribution in [3.63, 3.8) is 0 Å². The van der Waals surface area contributed by atoms with Crippen molar-refractivity contribution in [1.29, 1.82) is 0 Å². The normalized spacial score (nSPS) is 24.9. The second-order valence-electron chi connectivity index (χ2n) is 22.5. The van der Waals surface area contributed by atoms with Gasteiger partial charge in [0.1, 0.15) is 48.8 Å². The van der Waals surface area contributed by atoms with E-state index in [1.54, 1.807) is 6.08 Å². The van der Waals surface area contributed by atoms with E-state index in [1.165, 1.54) is 186 Å². The molecule has 0 aliphatic carbocycles. The van der Waals surface area contributed by atoms with Crippen molar-refractivity contribution in [1.82, 2.24) is 5.32 Å². The van der Waals surface area contributed by atoms with E-state index in [0.29, 0.717) is 12.8 Å². The molecule has 2 aliphatic heterocycles. The van der Waals surface area contributed by atoms with Crippen molar-refractivity contribution in [2.75, 3.05) is 19.8 Å². The third-order valence-electron chi connectivity index (χ3n) is 15.6. The Morgan fingerprint density at radius 1 is 0.455 bits per heavy atom. The standard InChI is InChI=1S/C63H117NO13/c1-3-5-7-9-11-13-15-17-19-21-23-24-25-26-27-28-29-30-32-34-36-38-40-42-44-46-52(67)51(64-55(68)47-45-43-41-39-37-35-33-31-22-20-18-16-14-12-10-8-6-4-2)50-74-62-60(73)58(71)61(54(49-66)76-62)77-63-59(72)57(70)56(69)53(48-65)75-63/h29-30,36,38,44,46,51-54,56-63,65-67,69-73H,3-28,31-35,37,39-43,45,47-50H2,1-2H3,(H,64,68)/b30-29+,38-36+,46-44+. The Kier molecular flexibility index (Phi) is 45.3. The number of aliphatic hydroxyl groups excluding tert-OH is 8. The van der Waals surface area contributed by atoms with Gasteiger partial charge in [-0.3, -0.25) is 4.79 Å². The number of aliphatic hydroxyl groups is 8. The van der Waals surface area contributed by atoms with Gasteiger partial charge < -0.3 is 65.1 Å². The highest BCUT2D eigenvalue weighted by atomic mass is 16.7.